The number of carbonyl (C=O) groups excluding carboxylic acids is 1. The first-order valence-corrected chi connectivity index (χ1v) is 9.71. The maximum absolute atomic E-state index is 12.5. The van der Waals surface area contributed by atoms with E-state index in [1.165, 1.54) is 13.0 Å². The first-order valence-electron chi connectivity index (χ1n) is 9.71. The molecule has 2 rings (SSSR count). The lowest BCUT2D eigenvalue weighted by atomic mass is 9.92. The van der Waals surface area contributed by atoms with Crippen molar-refractivity contribution in [3.63, 3.8) is 0 Å². The molecule has 0 atom stereocenters. The Labute approximate surface area is 148 Å². The number of carbonyl (C=O) groups is 1. The summed E-state index contributed by atoms with van der Waals surface area (Å²) in [7, 11) is 0. The van der Waals surface area contributed by atoms with Gasteiger partial charge < -0.3 is 9.80 Å². The van der Waals surface area contributed by atoms with E-state index in [1.807, 2.05) is 0 Å². The molecular weight excluding hydrogens is 300 g/mol. The van der Waals surface area contributed by atoms with Gasteiger partial charge in [-0.25, -0.2) is 0 Å². The third-order valence-corrected chi connectivity index (χ3v) is 5.40. The molecule has 0 unspecified atom stereocenters. The number of hydrogen-bond donors (Lipinski definition) is 0. The molecule has 0 aromatic rings. The first kappa shape index (κ1) is 19.7. The molecule has 0 saturated carbocycles. The molecular formula is C19H38N4O. The summed E-state index contributed by atoms with van der Waals surface area (Å²) in [5.41, 5.74) is 0.408. The lowest BCUT2D eigenvalue weighted by molar-refractivity contribution is -0.134. The lowest BCUT2D eigenvalue weighted by Crippen LogP contribution is -2.54. The highest BCUT2D eigenvalue weighted by Crippen LogP contribution is 2.19. The largest absolute Gasteiger partial charge is 0.339 e. The third-order valence-electron chi connectivity index (χ3n) is 5.40. The Hall–Kier alpha value is -0.650. The Bertz CT molecular complexity index is 389. The van der Waals surface area contributed by atoms with Gasteiger partial charge in [0.05, 0.1) is 6.54 Å². The van der Waals surface area contributed by atoms with Crippen molar-refractivity contribution in [1.82, 2.24) is 19.6 Å². The van der Waals surface area contributed by atoms with Crippen molar-refractivity contribution in [2.24, 2.45) is 5.41 Å². The minimum atomic E-state index is 0.321. The monoisotopic (exact) mass is 338 g/mol. The van der Waals surface area contributed by atoms with Crippen LogP contribution in [-0.2, 0) is 4.79 Å². The normalized spacial score (nSPS) is 22.3. The van der Waals surface area contributed by atoms with Crippen LogP contribution in [0.4, 0.5) is 0 Å². The van der Waals surface area contributed by atoms with Gasteiger partial charge in [-0.1, -0.05) is 20.8 Å². The molecule has 140 valence electrons. The van der Waals surface area contributed by atoms with Crippen LogP contribution >= 0.6 is 0 Å². The van der Waals surface area contributed by atoms with Gasteiger partial charge in [0.25, 0.3) is 0 Å². The molecule has 2 aliphatic heterocycles. The van der Waals surface area contributed by atoms with Gasteiger partial charge in [-0.3, -0.25) is 14.6 Å². The summed E-state index contributed by atoms with van der Waals surface area (Å²) in [5, 5.41) is 0. The SMILES string of the molecule is CC(C)N1CCN(C(=O)CN2CCN(CCC(C)(C)C)CC2)CC1. The highest BCUT2D eigenvalue weighted by atomic mass is 16.2. The van der Waals surface area contributed by atoms with Gasteiger partial charge in [-0.15, -0.1) is 0 Å². The van der Waals surface area contributed by atoms with Crippen molar-refractivity contribution in [3.05, 3.63) is 0 Å². The summed E-state index contributed by atoms with van der Waals surface area (Å²) < 4.78 is 0. The Morgan fingerprint density at radius 1 is 0.875 bits per heavy atom. The van der Waals surface area contributed by atoms with Crippen LogP contribution in [0.5, 0.6) is 0 Å². The average Bonchev–Trinajstić information content (AvgIpc) is 2.53. The Kier molecular flexibility index (Phi) is 7.08. The van der Waals surface area contributed by atoms with Crippen molar-refractivity contribution in [2.75, 3.05) is 65.4 Å². The van der Waals surface area contributed by atoms with E-state index in [-0.39, 0.29) is 0 Å². The lowest BCUT2D eigenvalue weighted by Gasteiger charge is -2.39. The van der Waals surface area contributed by atoms with E-state index in [9.17, 15) is 4.79 Å². The van der Waals surface area contributed by atoms with Gasteiger partial charge in [0, 0.05) is 58.4 Å². The van der Waals surface area contributed by atoms with E-state index >= 15 is 0 Å². The molecule has 24 heavy (non-hydrogen) atoms. The minimum Gasteiger partial charge on any atom is -0.339 e. The molecule has 2 saturated heterocycles. The van der Waals surface area contributed by atoms with Crippen molar-refractivity contribution in [1.29, 1.82) is 0 Å². The maximum Gasteiger partial charge on any atom is 0.236 e. The van der Waals surface area contributed by atoms with E-state index in [1.54, 1.807) is 0 Å². The van der Waals surface area contributed by atoms with E-state index in [0.717, 1.165) is 52.4 Å². The van der Waals surface area contributed by atoms with Crippen LogP contribution in [0.25, 0.3) is 0 Å². The fourth-order valence-corrected chi connectivity index (χ4v) is 3.44. The summed E-state index contributed by atoms with van der Waals surface area (Å²) in [4.78, 5) is 21.9. The average molecular weight is 339 g/mol. The second-order valence-electron chi connectivity index (χ2n) is 8.94. The van der Waals surface area contributed by atoms with Crippen molar-refractivity contribution in [3.8, 4) is 0 Å². The van der Waals surface area contributed by atoms with Crippen LogP contribution in [0.3, 0.4) is 0 Å². The third kappa shape index (κ3) is 6.34. The summed E-state index contributed by atoms with van der Waals surface area (Å²) in [6, 6.07) is 0.587. The smallest absolute Gasteiger partial charge is 0.236 e. The number of piperazine rings is 2. The van der Waals surface area contributed by atoms with E-state index < -0.39 is 0 Å². The first-order chi connectivity index (χ1) is 11.2. The van der Waals surface area contributed by atoms with Crippen LogP contribution < -0.4 is 0 Å². The van der Waals surface area contributed by atoms with Gasteiger partial charge in [0.15, 0.2) is 0 Å². The molecule has 0 bridgehead atoms. The van der Waals surface area contributed by atoms with E-state index in [4.69, 9.17) is 0 Å². The molecule has 5 heteroatoms. The molecule has 5 nitrogen and oxygen atoms in total. The Morgan fingerprint density at radius 2 is 1.42 bits per heavy atom. The number of nitrogens with zero attached hydrogens (tertiary/aromatic N) is 4. The highest BCUT2D eigenvalue weighted by Gasteiger charge is 2.25. The minimum absolute atomic E-state index is 0.321. The number of amides is 1. The van der Waals surface area contributed by atoms with Crippen LogP contribution in [0, 0.1) is 5.41 Å². The predicted octanol–water partition coefficient (Wildman–Crippen LogP) is 1.59. The molecule has 0 aliphatic carbocycles. The van der Waals surface area contributed by atoms with Crippen molar-refractivity contribution in [2.45, 2.75) is 47.1 Å². The standard InChI is InChI=1S/C19H38N4O/c1-17(2)22-12-14-23(15-13-22)18(24)16-21-10-8-20(9-11-21)7-6-19(3,4)5/h17H,6-16H2,1-5H3. The molecule has 0 aromatic carbocycles. The maximum atomic E-state index is 12.5. The zero-order chi connectivity index (χ0) is 17.7. The Balaban J connectivity index is 1.66. The van der Waals surface area contributed by atoms with Gasteiger partial charge in [-0.05, 0) is 32.2 Å². The van der Waals surface area contributed by atoms with E-state index in [2.05, 4.69) is 54.2 Å². The van der Waals surface area contributed by atoms with Gasteiger partial charge in [-0.2, -0.15) is 0 Å². The quantitative estimate of drug-likeness (QED) is 0.762. The summed E-state index contributed by atoms with van der Waals surface area (Å²) in [5.74, 6) is 0.321. The van der Waals surface area contributed by atoms with Crippen LogP contribution in [-0.4, -0.2) is 97.0 Å². The number of hydrogen-bond acceptors (Lipinski definition) is 4. The molecule has 0 radical (unpaired) electrons. The van der Waals surface area contributed by atoms with Crippen LogP contribution in [0.15, 0.2) is 0 Å². The molecule has 2 fully saturated rings. The van der Waals surface area contributed by atoms with Crippen LogP contribution in [0.1, 0.15) is 41.0 Å². The second-order valence-corrected chi connectivity index (χ2v) is 8.94. The van der Waals surface area contributed by atoms with Crippen LogP contribution in [0.2, 0.25) is 0 Å². The molecule has 2 aliphatic rings. The molecule has 0 spiro atoms. The predicted molar refractivity (Wildman–Crippen MR) is 100 cm³/mol. The highest BCUT2D eigenvalue weighted by molar-refractivity contribution is 5.78. The Morgan fingerprint density at radius 3 is 1.92 bits per heavy atom. The second kappa shape index (κ2) is 8.63. The fourth-order valence-electron chi connectivity index (χ4n) is 3.44. The van der Waals surface area contributed by atoms with Gasteiger partial charge in [0.1, 0.15) is 0 Å². The number of rotatable bonds is 5. The van der Waals surface area contributed by atoms with Crippen molar-refractivity contribution < 1.29 is 4.79 Å². The molecule has 1 amide bonds. The zero-order valence-electron chi connectivity index (χ0n) is 16.6. The molecule has 0 aromatic heterocycles. The zero-order valence-corrected chi connectivity index (χ0v) is 16.6. The van der Waals surface area contributed by atoms with Crippen molar-refractivity contribution >= 4 is 5.91 Å². The summed E-state index contributed by atoms with van der Waals surface area (Å²) in [6.07, 6.45) is 1.24. The molecule has 2 heterocycles. The van der Waals surface area contributed by atoms with Gasteiger partial charge >= 0.3 is 0 Å². The fraction of sp³-hybridized carbons (Fsp3) is 0.947. The topological polar surface area (TPSA) is 30.0 Å². The van der Waals surface area contributed by atoms with Gasteiger partial charge in [0.2, 0.25) is 5.91 Å². The summed E-state index contributed by atoms with van der Waals surface area (Å²) in [6.45, 7) is 21.3. The van der Waals surface area contributed by atoms with E-state index in [0.29, 0.717) is 23.9 Å². The summed E-state index contributed by atoms with van der Waals surface area (Å²) >= 11 is 0. The molecule has 0 N–H and O–H groups in total.